The first-order chi connectivity index (χ1) is 9.86. The molecule has 0 amide bonds. The molecule has 1 saturated heterocycles. The van der Waals surface area contributed by atoms with Crippen molar-refractivity contribution in [3.63, 3.8) is 0 Å². The van der Waals surface area contributed by atoms with Crippen LogP contribution in [0.1, 0.15) is 50.8 Å². The van der Waals surface area contributed by atoms with E-state index < -0.39 is 0 Å². The molecule has 3 rings (SSSR count). The van der Waals surface area contributed by atoms with E-state index in [0.29, 0.717) is 12.4 Å². The van der Waals surface area contributed by atoms with Crippen LogP contribution in [0.4, 0.5) is 6.01 Å². The molecule has 2 heterocycles. The van der Waals surface area contributed by atoms with Crippen molar-refractivity contribution in [3.8, 4) is 0 Å². The maximum absolute atomic E-state index is 5.74. The van der Waals surface area contributed by atoms with E-state index in [-0.39, 0.29) is 0 Å². The van der Waals surface area contributed by atoms with Crippen LogP contribution in [0.5, 0.6) is 0 Å². The molecule has 0 radical (unpaired) electrons. The van der Waals surface area contributed by atoms with Crippen LogP contribution in [0.3, 0.4) is 0 Å². The molecule has 1 aliphatic carbocycles. The third-order valence-corrected chi connectivity index (χ3v) is 4.83. The Morgan fingerprint density at radius 1 is 1.10 bits per heavy atom. The summed E-state index contributed by atoms with van der Waals surface area (Å²) in [5.41, 5.74) is 0. The van der Waals surface area contributed by atoms with E-state index in [1.165, 1.54) is 44.9 Å². The van der Waals surface area contributed by atoms with E-state index in [9.17, 15) is 0 Å². The van der Waals surface area contributed by atoms with Crippen molar-refractivity contribution in [2.24, 2.45) is 11.8 Å². The predicted molar refractivity (Wildman–Crippen MR) is 78.6 cm³/mol. The van der Waals surface area contributed by atoms with Crippen LogP contribution in [0.15, 0.2) is 4.42 Å². The van der Waals surface area contributed by atoms with Crippen molar-refractivity contribution in [1.82, 2.24) is 15.5 Å². The third kappa shape index (κ3) is 3.14. The highest BCUT2D eigenvalue weighted by molar-refractivity contribution is 5.25. The molecule has 20 heavy (non-hydrogen) atoms. The van der Waals surface area contributed by atoms with Crippen molar-refractivity contribution in [2.75, 3.05) is 25.0 Å². The predicted octanol–water partition coefficient (Wildman–Crippen LogP) is 2.59. The number of piperidine rings is 1. The van der Waals surface area contributed by atoms with Gasteiger partial charge in [-0.3, -0.25) is 0 Å². The van der Waals surface area contributed by atoms with Crippen LogP contribution in [0, 0.1) is 11.8 Å². The second-order valence-electron chi connectivity index (χ2n) is 6.26. The Kier molecular flexibility index (Phi) is 4.55. The molecular formula is C15H26N4O. The lowest BCUT2D eigenvalue weighted by Gasteiger charge is -2.37. The molecule has 5 heteroatoms. The summed E-state index contributed by atoms with van der Waals surface area (Å²) in [6, 6.07) is 0.718. The van der Waals surface area contributed by atoms with Crippen LogP contribution in [0.2, 0.25) is 0 Å². The Morgan fingerprint density at radius 3 is 2.70 bits per heavy atom. The minimum atomic E-state index is 0.646. The van der Waals surface area contributed by atoms with Crippen molar-refractivity contribution in [3.05, 3.63) is 5.89 Å². The molecule has 0 aromatic carbocycles. The molecule has 112 valence electrons. The summed E-state index contributed by atoms with van der Waals surface area (Å²) in [6.45, 7) is 2.81. The molecule has 1 aromatic rings. The molecule has 0 spiro atoms. The molecule has 5 nitrogen and oxygen atoms in total. The Hall–Kier alpha value is -1.10. The van der Waals surface area contributed by atoms with Crippen LogP contribution in [-0.4, -0.2) is 30.3 Å². The van der Waals surface area contributed by atoms with Crippen molar-refractivity contribution < 1.29 is 4.42 Å². The van der Waals surface area contributed by atoms with Gasteiger partial charge in [0.2, 0.25) is 5.89 Å². The first-order valence-electron chi connectivity index (χ1n) is 8.08. The van der Waals surface area contributed by atoms with Gasteiger partial charge in [-0.15, -0.1) is 5.10 Å². The van der Waals surface area contributed by atoms with Gasteiger partial charge in [0, 0.05) is 13.1 Å². The van der Waals surface area contributed by atoms with E-state index in [0.717, 1.165) is 30.9 Å². The van der Waals surface area contributed by atoms with E-state index in [1.54, 1.807) is 0 Å². The van der Waals surface area contributed by atoms with E-state index in [2.05, 4.69) is 20.4 Å². The van der Waals surface area contributed by atoms with Gasteiger partial charge in [0.25, 0.3) is 0 Å². The SMILES string of the molecule is CNCc1nnc(N2CCCC(C3CCCCC3)C2)o1. The summed E-state index contributed by atoms with van der Waals surface area (Å²) in [7, 11) is 1.89. The summed E-state index contributed by atoms with van der Waals surface area (Å²) < 4.78 is 5.74. The number of aromatic nitrogens is 2. The van der Waals surface area contributed by atoms with Gasteiger partial charge in [-0.25, -0.2) is 0 Å². The van der Waals surface area contributed by atoms with Gasteiger partial charge in [-0.05, 0) is 31.7 Å². The number of rotatable bonds is 4. The fraction of sp³-hybridized carbons (Fsp3) is 0.867. The highest BCUT2D eigenvalue weighted by atomic mass is 16.4. The first kappa shape index (κ1) is 13.9. The average molecular weight is 278 g/mol. The van der Waals surface area contributed by atoms with Gasteiger partial charge in [-0.1, -0.05) is 37.2 Å². The Morgan fingerprint density at radius 2 is 1.90 bits per heavy atom. The molecule has 1 unspecified atom stereocenters. The summed E-state index contributed by atoms with van der Waals surface area (Å²) >= 11 is 0. The summed E-state index contributed by atoms with van der Waals surface area (Å²) in [4.78, 5) is 2.30. The van der Waals surface area contributed by atoms with Crippen molar-refractivity contribution in [1.29, 1.82) is 0 Å². The molecular weight excluding hydrogens is 252 g/mol. The largest absolute Gasteiger partial charge is 0.407 e. The van der Waals surface area contributed by atoms with Gasteiger partial charge < -0.3 is 14.6 Å². The Bertz CT molecular complexity index is 414. The minimum absolute atomic E-state index is 0.646. The zero-order chi connectivity index (χ0) is 13.8. The molecule has 1 N–H and O–H groups in total. The maximum Gasteiger partial charge on any atom is 0.318 e. The van der Waals surface area contributed by atoms with Crippen LogP contribution in [-0.2, 0) is 6.54 Å². The second-order valence-corrected chi connectivity index (χ2v) is 6.26. The number of anilines is 1. The fourth-order valence-corrected chi connectivity index (χ4v) is 3.77. The molecule has 0 bridgehead atoms. The van der Waals surface area contributed by atoms with Crippen molar-refractivity contribution in [2.45, 2.75) is 51.5 Å². The summed E-state index contributed by atoms with van der Waals surface area (Å²) in [6.07, 6.45) is 9.76. The smallest absolute Gasteiger partial charge is 0.318 e. The monoisotopic (exact) mass is 278 g/mol. The number of nitrogens with one attached hydrogen (secondary N) is 1. The molecule has 2 fully saturated rings. The quantitative estimate of drug-likeness (QED) is 0.917. The molecule has 1 aromatic heterocycles. The normalized spacial score (nSPS) is 25.1. The minimum Gasteiger partial charge on any atom is -0.407 e. The highest BCUT2D eigenvalue weighted by Gasteiger charge is 2.30. The summed E-state index contributed by atoms with van der Waals surface area (Å²) in [5.74, 6) is 2.43. The summed E-state index contributed by atoms with van der Waals surface area (Å²) in [5, 5.41) is 11.4. The number of hydrogen-bond acceptors (Lipinski definition) is 5. The maximum atomic E-state index is 5.74. The zero-order valence-electron chi connectivity index (χ0n) is 12.5. The van der Waals surface area contributed by atoms with E-state index >= 15 is 0 Å². The molecule has 1 atom stereocenters. The lowest BCUT2D eigenvalue weighted by molar-refractivity contribution is 0.217. The zero-order valence-corrected chi connectivity index (χ0v) is 12.5. The number of nitrogens with zero attached hydrogens (tertiary/aromatic N) is 3. The second kappa shape index (κ2) is 6.57. The highest BCUT2D eigenvalue weighted by Crippen LogP contribution is 2.35. The molecule has 2 aliphatic rings. The van der Waals surface area contributed by atoms with E-state index in [4.69, 9.17) is 4.42 Å². The van der Waals surface area contributed by atoms with Gasteiger partial charge in [0.05, 0.1) is 6.54 Å². The van der Waals surface area contributed by atoms with Gasteiger partial charge in [0.15, 0.2) is 0 Å². The number of hydrogen-bond donors (Lipinski definition) is 1. The Labute approximate surface area is 121 Å². The van der Waals surface area contributed by atoms with E-state index in [1.807, 2.05) is 7.05 Å². The average Bonchev–Trinajstić information content (AvgIpc) is 2.97. The standard InChI is InChI=1S/C15H26N4O/c1-16-10-14-17-18-15(20-14)19-9-5-8-13(11-19)12-6-3-2-4-7-12/h12-13,16H,2-11H2,1H3. The van der Waals surface area contributed by atoms with Gasteiger partial charge in [0.1, 0.15) is 0 Å². The topological polar surface area (TPSA) is 54.2 Å². The first-order valence-corrected chi connectivity index (χ1v) is 8.08. The van der Waals surface area contributed by atoms with Crippen LogP contribution < -0.4 is 10.2 Å². The molecule has 1 saturated carbocycles. The van der Waals surface area contributed by atoms with Crippen LogP contribution >= 0.6 is 0 Å². The van der Waals surface area contributed by atoms with Crippen LogP contribution in [0.25, 0.3) is 0 Å². The lowest BCUT2D eigenvalue weighted by atomic mass is 9.76. The lowest BCUT2D eigenvalue weighted by Crippen LogP contribution is -2.39. The Balaban J connectivity index is 1.61. The van der Waals surface area contributed by atoms with Gasteiger partial charge in [-0.2, -0.15) is 0 Å². The van der Waals surface area contributed by atoms with Crippen molar-refractivity contribution >= 4 is 6.01 Å². The third-order valence-electron chi connectivity index (χ3n) is 4.83. The fourth-order valence-electron chi connectivity index (χ4n) is 3.77. The molecule has 1 aliphatic heterocycles. The van der Waals surface area contributed by atoms with Gasteiger partial charge >= 0.3 is 6.01 Å².